The molecule has 49 heavy (non-hydrogen) atoms. The van der Waals surface area contributed by atoms with E-state index in [1.807, 2.05) is 30.0 Å². The molecular formula is C38H49N5O6. The van der Waals surface area contributed by atoms with Crippen LogP contribution in [0.25, 0.3) is 11.3 Å². The number of anilines is 1. The molecule has 1 saturated heterocycles. The van der Waals surface area contributed by atoms with E-state index >= 15 is 0 Å². The third-order valence-electron chi connectivity index (χ3n) is 11.0. The van der Waals surface area contributed by atoms with Crippen LogP contribution in [0, 0.1) is 18.8 Å². The summed E-state index contributed by atoms with van der Waals surface area (Å²) < 4.78 is 17.1. The molecule has 3 aliphatic carbocycles. The Morgan fingerprint density at radius 3 is 2.37 bits per heavy atom. The molecule has 11 nitrogen and oxygen atoms in total. The highest BCUT2D eigenvalue weighted by molar-refractivity contribution is 5.94. The first-order valence-corrected chi connectivity index (χ1v) is 18.2. The van der Waals surface area contributed by atoms with Crippen molar-refractivity contribution in [1.82, 2.24) is 19.9 Å². The van der Waals surface area contributed by atoms with E-state index in [1.54, 1.807) is 24.5 Å². The van der Waals surface area contributed by atoms with Crippen LogP contribution in [0.15, 0.2) is 41.1 Å². The second-order valence-corrected chi connectivity index (χ2v) is 14.5. The van der Waals surface area contributed by atoms with Crippen LogP contribution in [-0.2, 0) is 9.53 Å². The van der Waals surface area contributed by atoms with Crippen molar-refractivity contribution in [2.45, 2.75) is 108 Å². The highest BCUT2D eigenvalue weighted by Gasteiger charge is 2.35. The zero-order valence-electron chi connectivity index (χ0n) is 28.8. The maximum atomic E-state index is 14.4. The second kappa shape index (κ2) is 14.9. The third-order valence-corrected chi connectivity index (χ3v) is 11.0. The number of hydrogen-bond acceptors (Lipinski definition) is 9. The lowest BCUT2D eigenvalue weighted by molar-refractivity contribution is -0.124. The molecule has 4 fully saturated rings. The Morgan fingerprint density at radius 1 is 0.939 bits per heavy atom. The smallest absolute Gasteiger partial charge is 0.410 e. The van der Waals surface area contributed by atoms with Gasteiger partial charge in [-0.1, -0.05) is 0 Å². The summed E-state index contributed by atoms with van der Waals surface area (Å²) in [5.74, 6) is 3.33. The van der Waals surface area contributed by atoms with Gasteiger partial charge in [0.15, 0.2) is 5.89 Å². The SMILES string of the molecule is COc1ccc(C2CCC(CN(C(=O)C3CCC(OC(=O)N4CCC(O)CC4)CC3)c3cc(-c4coc(C5CC5)n4)ccn3)CC2)nc1C. The Bertz CT molecular complexity index is 1600. The molecule has 0 radical (unpaired) electrons. The number of ether oxygens (including phenoxy) is 2. The number of aromatic nitrogens is 3. The number of aryl methyl sites for hydroxylation is 1. The number of nitrogens with zero attached hydrogens (tertiary/aromatic N) is 5. The van der Waals surface area contributed by atoms with Crippen molar-refractivity contribution >= 4 is 17.8 Å². The molecule has 4 aliphatic rings. The monoisotopic (exact) mass is 671 g/mol. The van der Waals surface area contributed by atoms with Crippen LogP contribution in [0.2, 0.25) is 0 Å². The summed E-state index contributed by atoms with van der Waals surface area (Å²) in [6.45, 7) is 3.63. The second-order valence-electron chi connectivity index (χ2n) is 14.5. The summed E-state index contributed by atoms with van der Waals surface area (Å²) >= 11 is 0. The minimum absolute atomic E-state index is 0.0906. The number of methoxy groups -OCH3 is 1. The van der Waals surface area contributed by atoms with E-state index in [0.717, 1.165) is 72.8 Å². The van der Waals surface area contributed by atoms with E-state index in [0.29, 0.717) is 81.7 Å². The Labute approximate surface area is 288 Å². The predicted octanol–water partition coefficient (Wildman–Crippen LogP) is 6.79. The number of rotatable bonds is 9. The molecule has 0 atom stereocenters. The minimum Gasteiger partial charge on any atom is -0.495 e. The van der Waals surface area contributed by atoms with Crippen molar-refractivity contribution in [3.05, 3.63) is 54.0 Å². The van der Waals surface area contributed by atoms with Gasteiger partial charge in [-0.2, -0.15) is 0 Å². The summed E-state index contributed by atoms with van der Waals surface area (Å²) in [5.41, 5.74) is 3.69. The molecule has 4 heterocycles. The van der Waals surface area contributed by atoms with Gasteiger partial charge in [-0.3, -0.25) is 14.7 Å². The Hall–Kier alpha value is -3.99. The van der Waals surface area contributed by atoms with Crippen LogP contribution < -0.4 is 9.64 Å². The van der Waals surface area contributed by atoms with Crippen LogP contribution in [0.1, 0.15) is 106 Å². The normalized spacial score (nSPS) is 24.8. The minimum atomic E-state index is -0.343. The first-order valence-electron chi connectivity index (χ1n) is 18.2. The van der Waals surface area contributed by atoms with Gasteiger partial charge in [0.1, 0.15) is 29.6 Å². The maximum absolute atomic E-state index is 14.4. The number of amides is 2. The van der Waals surface area contributed by atoms with E-state index in [-0.39, 0.29) is 30.1 Å². The Balaban J connectivity index is 1.03. The van der Waals surface area contributed by atoms with Gasteiger partial charge in [0, 0.05) is 54.8 Å². The number of likely N-dealkylation sites (tertiary alicyclic amines) is 1. The van der Waals surface area contributed by atoms with Crippen molar-refractivity contribution in [1.29, 1.82) is 0 Å². The molecule has 0 aromatic carbocycles. The highest BCUT2D eigenvalue weighted by atomic mass is 16.6. The number of aliphatic hydroxyl groups excluding tert-OH is 1. The number of piperidine rings is 1. The van der Waals surface area contributed by atoms with Crippen molar-refractivity contribution in [2.75, 3.05) is 31.6 Å². The fraction of sp³-hybridized carbons (Fsp3) is 0.605. The first kappa shape index (κ1) is 33.5. The maximum Gasteiger partial charge on any atom is 0.410 e. The van der Waals surface area contributed by atoms with Crippen LogP contribution in [0.4, 0.5) is 10.6 Å². The summed E-state index contributed by atoms with van der Waals surface area (Å²) in [5, 5.41) is 9.79. The molecule has 1 aliphatic heterocycles. The predicted molar refractivity (Wildman–Crippen MR) is 183 cm³/mol. The van der Waals surface area contributed by atoms with Crippen LogP contribution >= 0.6 is 0 Å². The van der Waals surface area contributed by atoms with Crippen molar-refractivity contribution in [3.63, 3.8) is 0 Å². The van der Waals surface area contributed by atoms with E-state index in [1.165, 1.54) is 0 Å². The largest absolute Gasteiger partial charge is 0.495 e. The number of aliphatic hydroxyl groups is 1. The number of hydrogen-bond donors (Lipinski definition) is 1. The van der Waals surface area contributed by atoms with Gasteiger partial charge in [0.05, 0.1) is 18.9 Å². The number of carbonyl (C=O) groups excluding carboxylic acids is 2. The van der Waals surface area contributed by atoms with E-state index < -0.39 is 0 Å². The number of carbonyl (C=O) groups is 2. The lowest BCUT2D eigenvalue weighted by Gasteiger charge is -2.36. The summed E-state index contributed by atoms with van der Waals surface area (Å²) in [7, 11) is 1.67. The number of oxazole rings is 1. The summed E-state index contributed by atoms with van der Waals surface area (Å²) in [6, 6.07) is 8.01. The molecule has 7 rings (SSSR count). The Morgan fingerprint density at radius 2 is 1.67 bits per heavy atom. The molecule has 1 N–H and O–H groups in total. The standard InChI is InChI=1S/C38H49N5O6/c1-24-34(47-2)14-13-32(40-24)26-5-3-25(4-6-26)22-43(35-21-29(15-18-39-35)33-23-48-36(41-33)27-7-8-27)37(45)28-9-11-31(12-10-28)49-38(46)42-19-16-30(44)17-20-42/h13-15,18,21,23,25-28,30-31,44H,3-12,16-17,19-20,22H2,1-2H3. The van der Waals surface area contributed by atoms with Crippen molar-refractivity contribution < 1.29 is 28.6 Å². The lowest BCUT2D eigenvalue weighted by atomic mass is 9.79. The van der Waals surface area contributed by atoms with Gasteiger partial charge in [-0.05, 0) is 114 Å². The van der Waals surface area contributed by atoms with Gasteiger partial charge in [-0.25, -0.2) is 14.8 Å². The molecule has 11 heteroatoms. The molecule has 0 spiro atoms. The molecule has 3 saturated carbocycles. The molecule has 262 valence electrons. The summed E-state index contributed by atoms with van der Waals surface area (Å²) in [6.07, 6.45) is 12.7. The van der Waals surface area contributed by atoms with Gasteiger partial charge in [0.25, 0.3) is 0 Å². The van der Waals surface area contributed by atoms with Gasteiger partial charge < -0.3 is 23.9 Å². The zero-order chi connectivity index (χ0) is 33.9. The van der Waals surface area contributed by atoms with E-state index in [4.69, 9.17) is 28.8 Å². The molecule has 0 unspecified atom stereocenters. The quantitative estimate of drug-likeness (QED) is 0.261. The van der Waals surface area contributed by atoms with Crippen LogP contribution in [0.3, 0.4) is 0 Å². The van der Waals surface area contributed by atoms with Crippen molar-refractivity contribution in [3.8, 4) is 17.0 Å². The number of pyridine rings is 2. The summed E-state index contributed by atoms with van der Waals surface area (Å²) in [4.78, 5) is 45.1. The molecule has 0 bridgehead atoms. The molecular weight excluding hydrogens is 622 g/mol. The van der Waals surface area contributed by atoms with E-state index in [9.17, 15) is 14.7 Å². The zero-order valence-corrected chi connectivity index (χ0v) is 28.8. The molecule has 2 amide bonds. The first-order chi connectivity index (χ1) is 23.8. The molecule has 3 aromatic rings. The van der Waals surface area contributed by atoms with Gasteiger partial charge in [-0.15, -0.1) is 0 Å². The fourth-order valence-electron chi connectivity index (χ4n) is 7.78. The Kier molecular flexibility index (Phi) is 10.2. The highest BCUT2D eigenvalue weighted by Crippen LogP contribution is 2.41. The van der Waals surface area contributed by atoms with Crippen molar-refractivity contribution in [2.24, 2.45) is 11.8 Å². The fourth-order valence-corrected chi connectivity index (χ4v) is 7.78. The van der Waals surface area contributed by atoms with Gasteiger partial charge >= 0.3 is 6.09 Å². The van der Waals surface area contributed by atoms with Crippen LogP contribution in [-0.4, -0.2) is 75.9 Å². The van der Waals surface area contributed by atoms with E-state index in [2.05, 4.69) is 6.07 Å². The van der Waals surface area contributed by atoms with Gasteiger partial charge in [0.2, 0.25) is 5.91 Å². The molecule has 3 aromatic heterocycles. The topological polar surface area (TPSA) is 131 Å². The third kappa shape index (κ3) is 7.92. The lowest BCUT2D eigenvalue weighted by Crippen LogP contribution is -2.44. The average Bonchev–Trinajstić information content (AvgIpc) is 3.86. The average molecular weight is 672 g/mol. The van der Waals surface area contributed by atoms with Crippen LogP contribution in [0.5, 0.6) is 5.75 Å².